The number of ether oxygens (including phenoxy) is 5. The summed E-state index contributed by atoms with van der Waals surface area (Å²) in [5.41, 5.74) is -1.11. The second-order valence-corrected chi connectivity index (χ2v) is 32.4. The molecule has 0 rings (SSSR count). The number of β-amino-alcohol motifs (C(OH)–C–C–N with tert-alkyl or cyclic N) is 2. The molecule has 0 heterocycles. The van der Waals surface area contributed by atoms with E-state index in [4.69, 9.17) is 39.0 Å². The lowest BCUT2D eigenvalue weighted by Crippen LogP contribution is -2.52. The minimum absolute atomic E-state index is 0.0512. The lowest BCUT2D eigenvalue weighted by atomic mass is 10.0. The third-order valence-electron chi connectivity index (χ3n) is 20.2. The monoisotopic (exact) mass is 1670 g/mol. The molecule has 18 nitrogen and oxygen atoms in total. The van der Waals surface area contributed by atoms with Crippen molar-refractivity contribution in [1.29, 1.82) is 0 Å². The number of unbranched alkanes of at least 4 members (excludes halogenated alkanes) is 52. The largest absolute Gasteiger partial charge is 0.395 e. The smallest absolute Gasteiger partial charge is 0.0897 e. The summed E-state index contributed by atoms with van der Waals surface area (Å²) in [7, 11) is 0. The Bertz CT molecular complexity index is 1570. The first-order chi connectivity index (χ1) is 56.7. The summed E-state index contributed by atoms with van der Waals surface area (Å²) < 4.78 is 27.2. The molecule has 116 heavy (non-hydrogen) atoms. The van der Waals surface area contributed by atoms with E-state index in [0.717, 1.165) is 45.5 Å². The number of aliphatic hydroxyl groups excluding tert-OH is 9. The predicted octanol–water partition coefficient (Wildman–Crippen LogP) is 22.4. The number of aliphatic hydroxyl groups is 9. The summed E-state index contributed by atoms with van der Waals surface area (Å²) in [4.78, 5) is 0. The second kappa shape index (κ2) is 123. The van der Waals surface area contributed by atoms with Crippen molar-refractivity contribution in [1.82, 2.24) is 21.3 Å². The van der Waals surface area contributed by atoms with Crippen molar-refractivity contribution < 1.29 is 69.6 Å². The quantitative estimate of drug-likeness (QED) is 0.0252. The summed E-state index contributed by atoms with van der Waals surface area (Å²) in [6, 6.07) is 0. The summed E-state index contributed by atoms with van der Waals surface area (Å²) in [5.74, 6) is 0. The first-order valence-corrected chi connectivity index (χ1v) is 50.3. The van der Waals surface area contributed by atoms with Crippen molar-refractivity contribution in [3.63, 3.8) is 0 Å². The SMILES string of the molecule is CC.CC.CC.CC.CCCCCCCCCCCCCCCCCOCC(O)CNC(C)(C)CO.CCCCCCCCCCCCCCCCCOCC(O)CNC(C)(CO)CO.CCCCCCCCCCCCCCCOCC(O)CNCCO.CCCCCCCCCCCCCCCOCC(O)CNCCOCCO. The minimum atomic E-state index is -0.755. The van der Waals surface area contributed by atoms with Gasteiger partial charge in [-0.1, -0.05) is 417 Å². The lowest BCUT2D eigenvalue weighted by Gasteiger charge is -2.27. The topological polar surface area (TPSA) is 276 Å². The molecule has 0 fully saturated rings. The zero-order chi connectivity index (χ0) is 88.1. The standard InChI is InChI=1S/C24H51NO4.C24H51NO3.C22H47NO4.C20H43NO3.4C2H6/c1-3-4-5-6-7-8-9-10-11-12-13-14-15-16-17-18-29-20-23(28)19-25-24(2,21-26)22-27;1-4-5-6-7-8-9-10-11-12-13-14-15-16-17-18-19-28-21-23(27)20-25-24(2,3)22-26;1-2-3-4-5-6-7-8-9-10-11-12-13-14-17-27-21-22(25)20-23-15-18-26-19-16-24;1-2-3-4-5-6-7-8-9-10-11-12-13-14-17-24-19-20(23)18-21-15-16-22;4*1-2/h23,25-28H,3-22H2,1-2H3;23,25-27H,4-22H2,1-3H3;22-25H,2-21H2,1H3;20-23H,2-19H2,1H3;4*1-2H3. The summed E-state index contributed by atoms with van der Waals surface area (Å²) in [6.07, 6.45) is 73.9. The maximum Gasteiger partial charge on any atom is 0.0897 e. The molecule has 0 aliphatic rings. The molecular weight excluding hydrogens is 1460 g/mol. The van der Waals surface area contributed by atoms with Crippen LogP contribution in [0.2, 0.25) is 0 Å². The van der Waals surface area contributed by atoms with Crippen LogP contribution < -0.4 is 21.3 Å². The van der Waals surface area contributed by atoms with E-state index >= 15 is 0 Å². The maximum atomic E-state index is 9.88. The van der Waals surface area contributed by atoms with Crippen LogP contribution in [0.3, 0.4) is 0 Å². The predicted molar refractivity (Wildman–Crippen MR) is 504 cm³/mol. The van der Waals surface area contributed by atoms with Crippen molar-refractivity contribution in [3.05, 3.63) is 0 Å². The molecule has 0 aromatic rings. The van der Waals surface area contributed by atoms with Crippen molar-refractivity contribution in [2.75, 3.05) is 138 Å². The van der Waals surface area contributed by atoms with Gasteiger partial charge in [-0.05, 0) is 46.5 Å². The van der Waals surface area contributed by atoms with Gasteiger partial charge in [-0.3, -0.25) is 0 Å². The van der Waals surface area contributed by atoms with Crippen molar-refractivity contribution in [2.24, 2.45) is 0 Å². The summed E-state index contributed by atoms with van der Waals surface area (Å²) in [6.45, 7) is 38.7. The van der Waals surface area contributed by atoms with Crippen LogP contribution in [0.1, 0.15) is 463 Å². The van der Waals surface area contributed by atoms with Gasteiger partial charge < -0.3 is 90.9 Å². The van der Waals surface area contributed by atoms with Crippen LogP contribution in [0.15, 0.2) is 0 Å². The van der Waals surface area contributed by atoms with Crippen LogP contribution in [-0.2, 0) is 23.7 Å². The molecule has 0 bridgehead atoms. The Morgan fingerprint density at radius 3 is 0.638 bits per heavy atom. The molecule has 0 aliphatic carbocycles. The average Bonchev–Trinajstić information content (AvgIpc) is 0.931. The van der Waals surface area contributed by atoms with Crippen LogP contribution in [-0.4, -0.2) is 220 Å². The van der Waals surface area contributed by atoms with Crippen molar-refractivity contribution >= 4 is 0 Å². The zero-order valence-corrected chi connectivity index (χ0v) is 80.8. The zero-order valence-electron chi connectivity index (χ0n) is 80.8. The van der Waals surface area contributed by atoms with Gasteiger partial charge in [-0.15, -0.1) is 0 Å². The van der Waals surface area contributed by atoms with Crippen LogP contribution >= 0.6 is 0 Å². The van der Waals surface area contributed by atoms with Crippen LogP contribution in [0.5, 0.6) is 0 Å². The highest BCUT2D eigenvalue weighted by Crippen LogP contribution is 2.18. The van der Waals surface area contributed by atoms with Gasteiger partial charge in [-0.2, -0.15) is 0 Å². The molecule has 4 atom stereocenters. The summed E-state index contributed by atoms with van der Waals surface area (Å²) >= 11 is 0. The Labute approximate surface area is 724 Å². The first kappa shape index (κ1) is 131. The Hall–Kier alpha value is -0.720. The first-order valence-electron chi connectivity index (χ1n) is 50.3. The molecule has 0 aromatic carbocycles. The molecule has 0 saturated heterocycles. The van der Waals surface area contributed by atoms with E-state index in [0.29, 0.717) is 85.5 Å². The lowest BCUT2D eigenvalue weighted by molar-refractivity contribution is 0.0236. The molecule has 18 heteroatoms. The average molecular weight is 1670 g/mol. The number of rotatable bonds is 88. The highest BCUT2D eigenvalue weighted by molar-refractivity contribution is 4.82. The molecule has 0 amide bonds. The molecule has 712 valence electrons. The Kier molecular flexibility index (Phi) is 138. The highest BCUT2D eigenvalue weighted by Gasteiger charge is 2.23. The van der Waals surface area contributed by atoms with Gasteiger partial charge in [0.2, 0.25) is 0 Å². The Balaban J connectivity index is -0.000000217. The van der Waals surface area contributed by atoms with Crippen molar-refractivity contribution in [3.8, 4) is 0 Å². The summed E-state index contributed by atoms with van der Waals surface area (Å²) in [5, 5.41) is 96.1. The Morgan fingerprint density at radius 2 is 0.431 bits per heavy atom. The molecular formula is C98H216N4O14. The van der Waals surface area contributed by atoms with Gasteiger partial charge >= 0.3 is 0 Å². The molecule has 0 saturated carbocycles. The Morgan fingerprint density at radius 1 is 0.224 bits per heavy atom. The van der Waals surface area contributed by atoms with E-state index in [1.54, 1.807) is 6.92 Å². The van der Waals surface area contributed by atoms with Gasteiger partial charge in [-0.25, -0.2) is 0 Å². The fourth-order valence-corrected chi connectivity index (χ4v) is 12.6. The van der Waals surface area contributed by atoms with Gasteiger partial charge in [0, 0.05) is 71.2 Å². The van der Waals surface area contributed by atoms with Crippen molar-refractivity contribution in [2.45, 2.75) is 499 Å². The highest BCUT2D eigenvalue weighted by atomic mass is 16.5. The van der Waals surface area contributed by atoms with Gasteiger partial charge in [0.15, 0.2) is 0 Å². The molecule has 13 N–H and O–H groups in total. The van der Waals surface area contributed by atoms with Crippen LogP contribution in [0.4, 0.5) is 0 Å². The van der Waals surface area contributed by atoms with Gasteiger partial charge in [0.05, 0.1) is 103 Å². The normalized spacial score (nSPS) is 12.2. The van der Waals surface area contributed by atoms with E-state index in [2.05, 4.69) is 49.0 Å². The molecule has 0 radical (unpaired) electrons. The third kappa shape index (κ3) is 129. The van der Waals surface area contributed by atoms with E-state index in [9.17, 15) is 30.6 Å². The number of nitrogens with one attached hydrogen (secondary N) is 4. The minimum Gasteiger partial charge on any atom is -0.395 e. The van der Waals surface area contributed by atoms with Crippen LogP contribution in [0, 0.1) is 0 Å². The van der Waals surface area contributed by atoms with E-state index in [-0.39, 0.29) is 38.6 Å². The molecule has 4 unspecified atom stereocenters. The van der Waals surface area contributed by atoms with E-state index in [1.165, 1.54) is 334 Å². The second-order valence-electron chi connectivity index (χ2n) is 32.4. The fourth-order valence-electron chi connectivity index (χ4n) is 12.6. The van der Waals surface area contributed by atoms with Crippen LogP contribution in [0.25, 0.3) is 0 Å². The van der Waals surface area contributed by atoms with Gasteiger partial charge in [0.25, 0.3) is 0 Å². The molecule has 0 aromatic heterocycles. The van der Waals surface area contributed by atoms with E-state index in [1.807, 2.05) is 69.2 Å². The number of hydrogen-bond donors (Lipinski definition) is 13. The maximum absolute atomic E-state index is 9.88. The molecule has 0 spiro atoms. The molecule has 0 aliphatic heterocycles. The fraction of sp³-hybridized carbons (Fsp3) is 1.00. The van der Waals surface area contributed by atoms with E-state index < -0.39 is 30.0 Å². The number of hydrogen-bond acceptors (Lipinski definition) is 18. The van der Waals surface area contributed by atoms with Gasteiger partial charge in [0.1, 0.15) is 0 Å². The third-order valence-corrected chi connectivity index (χ3v) is 20.2.